The van der Waals surface area contributed by atoms with Crippen molar-refractivity contribution in [3.8, 4) is 0 Å². The molecular weight excluding hydrogens is 338 g/mol. The topological polar surface area (TPSA) is 102 Å². The van der Waals surface area contributed by atoms with Crippen LogP contribution in [0, 0.1) is 0 Å². The molecule has 0 saturated carbocycles. The summed E-state index contributed by atoms with van der Waals surface area (Å²) in [7, 11) is 0. The van der Waals surface area contributed by atoms with Crippen molar-refractivity contribution in [3.05, 3.63) is 96.5 Å². The summed E-state index contributed by atoms with van der Waals surface area (Å²) in [5.74, 6) is 0.668. The highest BCUT2D eigenvalue weighted by atomic mass is 15.1. The summed E-state index contributed by atoms with van der Waals surface area (Å²) in [6.07, 6.45) is 12.4. The Morgan fingerprint density at radius 3 is 1.96 bits per heavy atom. The number of pyridine rings is 3. The third-order valence-electron chi connectivity index (χ3n) is 4.11. The number of aromatic nitrogens is 5. The molecule has 7 heteroatoms. The molecule has 0 aliphatic carbocycles. The summed E-state index contributed by atoms with van der Waals surface area (Å²) < 4.78 is 0. The molecule has 3 N–H and O–H groups in total. The van der Waals surface area contributed by atoms with Gasteiger partial charge in [-0.3, -0.25) is 15.0 Å². The molecule has 4 aromatic rings. The Labute approximate surface area is 156 Å². The van der Waals surface area contributed by atoms with E-state index in [4.69, 9.17) is 5.73 Å². The van der Waals surface area contributed by atoms with Gasteiger partial charge in [-0.05, 0) is 35.4 Å². The van der Waals surface area contributed by atoms with Crippen LogP contribution in [0.5, 0.6) is 0 Å². The van der Waals surface area contributed by atoms with Gasteiger partial charge < -0.3 is 11.1 Å². The molecular formula is C20H17N7. The maximum atomic E-state index is 5.86. The molecule has 0 radical (unpaired) electrons. The molecule has 4 rings (SSSR count). The van der Waals surface area contributed by atoms with E-state index in [1.165, 1.54) is 0 Å². The molecule has 132 valence electrons. The van der Waals surface area contributed by atoms with Crippen molar-refractivity contribution >= 4 is 17.5 Å². The highest BCUT2D eigenvalue weighted by Crippen LogP contribution is 2.35. The lowest BCUT2D eigenvalue weighted by molar-refractivity contribution is 0.929. The summed E-state index contributed by atoms with van der Waals surface area (Å²) >= 11 is 0. The van der Waals surface area contributed by atoms with E-state index in [1.54, 1.807) is 31.0 Å². The molecule has 0 atom stereocenters. The van der Waals surface area contributed by atoms with Crippen LogP contribution in [0.4, 0.5) is 17.5 Å². The lowest BCUT2D eigenvalue weighted by atomic mass is 9.87. The monoisotopic (exact) mass is 355 g/mol. The third kappa shape index (κ3) is 3.72. The van der Waals surface area contributed by atoms with Crippen molar-refractivity contribution in [3.63, 3.8) is 0 Å². The molecule has 27 heavy (non-hydrogen) atoms. The predicted octanol–water partition coefficient (Wildman–Crippen LogP) is 3.17. The van der Waals surface area contributed by atoms with Crippen molar-refractivity contribution in [1.29, 1.82) is 0 Å². The van der Waals surface area contributed by atoms with Crippen molar-refractivity contribution < 1.29 is 0 Å². The largest absolute Gasteiger partial charge is 0.368 e. The van der Waals surface area contributed by atoms with Crippen LogP contribution in [-0.4, -0.2) is 24.9 Å². The molecule has 0 aromatic carbocycles. The number of nitrogen functional groups attached to an aromatic ring is 1. The van der Waals surface area contributed by atoms with Gasteiger partial charge in [-0.15, -0.1) is 0 Å². The number of rotatable bonds is 5. The first kappa shape index (κ1) is 16.6. The quantitative estimate of drug-likeness (QED) is 0.567. The molecule has 0 unspecified atom stereocenters. The zero-order valence-corrected chi connectivity index (χ0v) is 14.4. The average molecular weight is 355 g/mol. The van der Waals surface area contributed by atoms with E-state index in [0.717, 1.165) is 22.4 Å². The first-order chi connectivity index (χ1) is 13.3. The number of nitrogens with one attached hydrogen (secondary N) is 1. The van der Waals surface area contributed by atoms with E-state index in [0.29, 0.717) is 5.82 Å². The summed E-state index contributed by atoms with van der Waals surface area (Å²) in [5.41, 5.74) is 9.55. The zero-order valence-electron chi connectivity index (χ0n) is 14.4. The highest BCUT2D eigenvalue weighted by molar-refractivity contribution is 5.62. The average Bonchev–Trinajstić information content (AvgIpc) is 2.72. The summed E-state index contributed by atoms with van der Waals surface area (Å²) in [6.45, 7) is 0. The maximum Gasteiger partial charge on any atom is 0.221 e. The van der Waals surface area contributed by atoms with Gasteiger partial charge in [0.05, 0.1) is 11.9 Å². The van der Waals surface area contributed by atoms with Crippen molar-refractivity contribution in [2.75, 3.05) is 11.1 Å². The summed E-state index contributed by atoms with van der Waals surface area (Å²) in [6, 6.07) is 11.6. The van der Waals surface area contributed by atoms with Gasteiger partial charge in [0.2, 0.25) is 5.95 Å². The Morgan fingerprint density at radius 1 is 0.778 bits per heavy atom. The minimum atomic E-state index is -0.146. The van der Waals surface area contributed by atoms with Gasteiger partial charge in [0.1, 0.15) is 5.82 Å². The Hall–Kier alpha value is -3.87. The van der Waals surface area contributed by atoms with Crippen LogP contribution in [0.25, 0.3) is 0 Å². The number of hydrogen-bond donors (Lipinski definition) is 2. The number of hydrogen-bond acceptors (Lipinski definition) is 7. The molecule has 0 saturated heterocycles. The van der Waals surface area contributed by atoms with Gasteiger partial charge in [0, 0.05) is 48.7 Å². The van der Waals surface area contributed by atoms with Gasteiger partial charge >= 0.3 is 0 Å². The standard InChI is InChI=1S/C20H17N7/c21-20-25-13-17(19(27-20)26-16-6-3-9-24-12-16)18(14-4-1-7-22-10-14)15-5-2-8-23-11-15/h1-13,18H,(H3,21,25,26,27). The first-order valence-corrected chi connectivity index (χ1v) is 8.40. The maximum absolute atomic E-state index is 5.86. The van der Waals surface area contributed by atoms with Crippen LogP contribution in [0.3, 0.4) is 0 Å². The van der Waals surface area contributed by atoms with Crippen molar-refractivity contribution in [2.24, 2.45) is 0 Å². The van der Waals surface area contributed by atoms with E-state index in [2.05, 4.69) is 30.2 Å². The summed E-state index contributed by atoms with van der Waals surface area (Å²) in [4.78, 5) is 21.3. The number of anilines is 3. The van der Waals surface area contributed by atoms with Gasteiger partial charge in [-0.25, -0.2) is 4.98 Å². The minimum absolute atomic E-state index is 0.146. The van der Waals surface area contributed by atoms with Gasteiger partial charge in [-0.1, -0.05) is 12.1 Å². The Kier molecular flexibility index (Phi) is 4.65. The van der Waals surface area contributed by atoms with Crippen LogP contribution < -0.4 is 11.1 Å². The molecule has 0 aliphatic heterocycles. The fourth-order valence-corrected chi connectivity index (χ4v) is 2.93. The molecule has 0 bridgehead atoms. The second-order valence-electron chi connectivity index (χ2n) is 5.90. The van der Waals surface area contributed by atoms with Gasteiger partial charge in [-0.2, -0.15) is 4.98 Å². The second-order valence-corrected chi connectivity index (χ2v) is 5.90. The fourth-order valence-electron chi connectivity index (χ4n) is 2.93. The second kappa shape index (κ2) is 7.57. The van der Waals surface area contributed by atoms with E-state index < -0.39 is 0 Å². The first-order valence-electron chi connectivity index (χ1n) is 8.40. The van der Waals surface area contributed by atoms with Crippen molar-refractivity contribution in [1.82, 2.24) is 24.9 Å². The molecule has 0 aliphatic rings. The fraction of sp³-hybridized carbons (Fsp3) is 0.0500. The van der Waals surface area contributed by atoms with Crippen LogP contribution in [0.15, 0.2) is 79.8 Å². The van der Waals surface area contributed by atoms with Crippen LogP contribution in [0.1, 0.15) is 22.6 Å². The van der Waals surface area contributed by atoms with E-state index in [1.807, 2.05) is 48.8 Å². The third-order valence-corrected chi connectivity index (χ3v) is 4.11. The number of nitrogens with zero attached hydrogens (tertiary/aromatic N) is 5. The minimum Gasteiger partial charge on any atom is -0.368 e. The van der Waals surface area contributed by atoms with Gasteiger partial charge in [0.25, 0.3) is 0 Å². The predicted molar refractivity (Wildman–Crippen MR) is 103 cm³/mol. The summed E-state index contributed by atoms with van der Waals surface area (Å²) in [5, 5.41) is 3.30. The SMILES string of the molecule is Nc1ncc(C(c2cccnc2)c2cccnc2)c(Nc2cccnc2)n1. The molecule has 0 amide bonds. The Balaban J connectivity index is 1.85. The van der Waals surface area contributed by atoms with E-state index >= 15 is 0 Å². The molecule has 7 nitrogen and oxygen atoms in total. The normalized spacial score (nSPS) is 10.7. The van der Waals surface area contributed by atoms with Crippen LogP contribution >= 0.6 is 0 Å². The highest BCUT2D eigenvalue weighted by Gasteiger charge is 2.22. The van der Waals surface area contributed by atoms with E-state index in [9.17, 15) is 0 Å². The Morgan fingerprint density at radius 2 is 1.41 bits per heavy atom. The molecule has 0 spiro atoms. The van der Waals surface area contributed by atoms with Crippen LogP contribution in [-0.2, 0) is 0 Å². The number of nitrogens with two attached hydrogens (primary N) is 1. The lowest BCUT2D eigenvalue weighted by Crippen LogP contribution is -2.11. The van der Waals surface area contributed by atoms with Gasteiger partial charge in [0.15, 0.2) is 0 Å². The zero-order chi connectivity index (χ0) is 18.5. The van der Waals surface area contributed by atoms with Crippen molar-refractivity contribution in [2.45, 2.75) is 5.92 Å². The van der Waals surface area contributed by atoms with E-state index in [-0.39, 0.29) is 11.9 Å². The van der Waals surface area contributed by atoms with Crippen LogP contribution in [0.2, 0.25) is 0 Å². The smallest absolute Gasteiger partial charge is 0.221 e. The lowest BCUT2D eigenvalue weighted by Gasteiger charge is -2.21. The Bertz CT molecular complexity index is 969. The molecule has 4 heterocycles. The molecule has 0 fully saturated rings. The molecule has 4 aromatic heterocycles.